The van der Waals surface area contributed by atoms with Gasteiger partial charge in [-0.2, -0.15) is 0 Å². The molecular weight excluding hydrogens is 261 g/mol. The summed E-state index contributed by atoms with van der Waals surface area (Å²) < 4.78 is 40.5. The molecule has 0 aliphatic carbocycles. The summed E-state index contributed by atoms with van der Waals surface area (Å²) in [5.41, 5.74) is 5.48. The average molecular weight is 270 g/mol. The van der Waals surface area contributed by atoms with Gasteiger partial charge in [-0.3, -0.25) is 0 Å². The Hall–Kier alpha value is -2.51. The third-order valence-electron chi connectivity index (χ3n) is 2.06. The molecule has 0 spiro atoms. The molecule has 3 N–H and O–H groups in total. The average Bonchev–Trinajstić information content (AvgIpc) is 2.33. The van der Waals surface area contributed by atoms with Crippen LogP contribution in [0, 0.1) is 0 Å². The second-order valence-electron chi connectivity index (χ2n) is 3.51. The Kier molecular flexibility index (Phi) is 3.41. The molecule has 19 heavy (non-hydrogen) atoms. The van der Waals surface area contributed by atoms with Crippen molar-refractivity contribution >= 4 is 17.3 Å². The highest BCUT2D eigenvalue weighted by Crippen LogP contribution is 2.31. The number of para-hydroxylation sites is 2. The number of rotatable bonds is 3. The molecule has 0 aliphatic rings. The van der Waals surface area contributed by atoms with Crippen LogP contribution < -0.4 is 15.8 Å². The second kappa shape index (κ2) is 5.01. The summed E-state index contributed by atoms with van der Waals surface area (Å²) in [7, 11) is 0. The molecule has 2 rings (SSSR count). The van der Waals surface area contributed by atoms with Gasteiger partial charge in [0.1, 0.15) is 5.82 Å². The fourth-order valence-corrected chi connectivity index (χ4v) is 1.33. The van der Waals surface area contributed by atoms with E-state index in [9.17, 15) is 13.2 Å². The third kappa shape index (κ3) is 3.73. The smallest absolute Gasteiger partial charge is 0.404 e. The van der Waals surface area contributed by atoms with Gasteiger partial charge in [-0.25, -0.2) is 0 Å². The highest BCUT2D eigenvalue weighted by Gasteiger charge is 2.32. The number of nitrogens with one attached hydrogen (secondary N) is 1. The van der Waals surface area contributed by atoms with Crippen molar-refractivity contribution in [2.45, 2.75) is 6.36 Å². The van der Waals surface area contributed by atoms with Crippen molar-refractivity contribution in [2.75, 3.05) is 11.1 Å². The minimum Gasteiger partial charge on any atom is -0.404 e. The molecule has 1 heterocycles. The van der Waals surface area contributed by atoms with E-state index in [1.807, 2.05) is 0 Å². The number of anilines is 3. The molecule has 100 valence electrons. The van der Waals surface area contributed by atoms with Gasteiger partial charge in [-0.05, 0) is 24.3 Å². The van der Waals surface area contributed by atoms with Crippen LogP contribution >= 0.6 is 0 Å². The van der Waals surface area contributed by atoms with Gasteiger partial charge >= 0.3 is 6.36 Å². The van der Waals surface area contributed by atoms with E-state index in [2.05, 4.69) is 20.3 Å². The zero-order valence-corrected chi connectivity index (χ0v) is 9.48. The number of nitrogen functional groups attached to an aromatic ring is 1. The van der Waals surface area contributed by atoms with E-state index in [4.69, 9.17) is 5.73 Å². The van der Waals surface area contributed by atoms with Gasteiger partial charge in [0.05, 0.1) is 5.69 Å². The van der Waals surface area contributed by atoms with Crippen molar-refractivity contribution in [1.29, 1.82) is 0 Å². The molecule has 0 atom stereocenters. The molecule has 0 bridgehead atoms. The number of halogens is 3. The normalized spacial score (nSPS) is 11.1. The van der Waals surface area contributed by atoms with Crippen molar-refractivity contribution in [3.05, 3.63) is 36.4 Å². The molecule has 0 radical (unpaired) electrons. The van der Waals surface area contributed by atoms with Crippen LogP contribution in [0.5, 0.6) is 5.75 Å². The quantitative estimate of drug-likeness (QED) is 0.897. The number of aromatic nitrogens is 2. The van der Waals surface area contributed by atoms with E-state index in [1.54, 1.807) is 6.07 Å². The molecular formula is C11H9F3N4O. The van der Waals surface area contributed by atoms with Crippen LogP contribution in [-0.2, 0) is 0 Å². The standard InChI is InChI=1S/C11H9F3N4O/c12-11(13,14)19-8-4-2-1-3-7(8)16-10-6-5-9(15)17-18-10/h1-6H,(H2,15,17)(H,16,18). The first-order valence-electron chi connectivity index (χ1n) is 5.15. The van der Waals surface area contributed by atoms with Crippen LogP contribution in [0.25, 0.3) is 0 Å². The number of alkyl halides is 3. The van der Waals surface area contributed by atoms with Gasteiger partial charge < -0.3 is 15.8 Å². The van der Waals surface area contributed by atoms with Gasteiger partial charge in [0, 0.05) is 0 Å². The first-order valence-corrected chi connectivity index (χ1v) is 5.15. The number of hydrogen-bond acceptors (Lipinski definition) is 5. The molecule has 8 heteroatoms. The Morgan fingerprint density at radius 1 is 1.05 bits per heavy atom. The van der Waals surface area contributed by atoms with Crippen molar-refractivity contribution in [1.82, 2.24) is 10.2 Å². The van der Waals surface area contributed by atoms with E-state index < -0.39 is 6.36 Å². The molecule has 0 saturated carbocycles. The van der Waals surface area contributed by atoms with Crippen molar-refractivity contribution < 1.29 is 17.9 Å². The number of ether oxygens (including phenoxy) is 1. The van der Waals surface area contributed by atoms with Crippen LogP contribution in [0.3, 0.4) is 0 Å². The number of benzene rings is 1. The van der Waals surface area contributed by atoms with Crippen molar-refractivity contribution in [3.63, 3.8) is 0 Å². The van der Waals surface area contributed by atoms with E-state index in [0.29, 0.717) is 0 Å². The molecule has 1 aromatic heterocycles. The Morgan fingerprint density at radius 2 is 1.79 bits per heavy atom. The van der Waals surface area contributed by atoms with Gasteiger partial charge in [-0.15, -0.1) is 23.4 Å². The predicted molar refractivity (Wildman–Crippen MR) is 62.9 cm³/mol. The lowest BCUT2D eigenvalue weighted by atomic mass is 10.3. The maximum Gasteiger partial charge on any atom is 0.573 e. The molecule has 0 aliphatic heterocycles. The third-order valence-corrected chi connectivity index (χ3v) is 2.06. The largest absolute Gasteiger partial charge is 0.573 e. The first kappa shape index (κ1) is 12.9. The fraction of sp³-hybridized carbons (Fsp3) is 0.0909. The SMILES string of the molecule is Nc1ccc(Nc2ccccc2OC(F)(F)F)nn1. The summed E-state index contributed by atoms with van der Waals surface area (Å²) in [6.45, 7) is 0. The van der Waals surface area contributed by atoms with E-state index in [0.717, 1.165) is 0 Å². The van der Waals surface area contributed by atoms with Crippen molar-refractivity contribution in [2.24, 2.45) is 0 Å². The summed E-state index contributed by atoms with van der Waals surface area (Å²) in [5.74, 6) is 0.117. The van der Waals surface area contributed by atoms with Gasteiger partial charge in [0.15, 0.2) is 11.6 Å². The lowest BCUT2D eigenvalue weighted by Gasteiger charge is -2.13. The van der Waals surface area contributed by atoms with Crippen LogP contribution in [0.2, 0.25) is 0 Å². The highest BCUT2D eigenvalue weighted by molar-refractivity contribution is 5.64. The van der Waals surface area contributed by atoms with Crippen LogP contribution in [0.15, 0.2) is 36.4 Å². The van der Waals surface area contributed by atoms with E-state index in [1.165, 1.54) is 30.3 Å². The Bertz CT molecular complexity index is 557. The lowest BCUT2D eigenvalue weighted by Crippen LogP contribution is -2.17. The summed E-state index contributed by atoms with van der Waals surface area (Å²) >= 11 is 0. The van der Waals surface area contributed by atoms with Gasteiger partial charge in [-0.1, -0.05) is 12.1 Å². The Morgan fingerprint density at radius 3 is 2.42 bits per heavy atom. The summed E-state index contributed by atoms with van der Waals surface area (Å²) in [6, 6.07) is 8.59. The topological polar surface area (TPSA) is 73.1 Å². The molecule has 5 nitrogen and oxygen atoms in total. The molecule has 0 unspecified atom stereocenters. The van der Waals surface area contributed by atoms with Crippen molar-refractivity contribution in [3.8, 4) is 5.75 Å². The van der Waals surface area contributed by atoms with E-state index in [-0.39, 0.29) is 23.1 Å². The number of hydrogen-bond donors (Lipinski definition) is 2. The van der Waals surface area contributed by atoms with E-state index >= 15 is 0 Å². The molecule has 0 amide bonds. The van der Waals surface area contributed by atoms with Crippen LogP contribution in [0.4, 0.5) is 30.5 Å². The van der Waals surface area contributed by atoms with Crippen LogP contribution in [0.1, 0.15) is 0 Å². The molecule has 0 fully saturated rings. The molecule has 1 aromatic carbocycles. The number of nitrogens with two attached hydrogens (primary N) is 1. The van der Waals surface area contributed by atoms with Crippen LogP contribution in [-0.4, -0.2) is 16.6 Å². The predicted octanol–water partition coefficient (Wildman–Crippen LogP) is 2.70. The monoisotopic (exact) mass is 270 g/mol. The molecule has 0 saturated heterocycles. The first-order chi connectivity index (χ1) is 8.94. The minimum atomic E-state index is -4.76. The highest BCUT2D eigenvalue weighted by atomic mass is 19.4. The minimum absolute atomic E-state index is 0.124. The summed E-state index contributed by atoms with van der Waals surface area (Å²) in [5, 5.41) is 9.94. The number of nitrogens with zero attached hydrogens (tertiary/aromatic N) is 2. The maximum atomic E-state index is 12.2. The summed E-state index contributed by atoms with van der Waals surface area (Å²) in [6.07, 6.45) is -4.76. The zero-order chi connectivity index (χ0) is 13.9. The summed E-state index contributed by atoms with van der Waals surface area (Å²) in [4.78, 5) is 0. The molecule has 2 aromatic rings. The zero-order valence-electron chi connectivity index (χ0n) is 9.48. The maximum absolute atomic E-state index is 12.2. The van der Waals surface area contributed by atoms with Gasteiger partial charge in [0.2, 0.25) is 0 Å². The Balaban J connectivity index is 2.22. The van der Waals surface area contributed by atoms with Gasteiger partial charge in [0.25, 0.3) is 0 Å². The fourth-order valence-electron chi connectivity index (χ4n) is 1.33. The second-order valence-corrected chi connectivity index (χ2v) is 3.51. The Labute approximate surface area is 106 Å². The lowest BCUT2D eigenvalue weighted by molar-refractivity contribution is -0.274.